The minimum absolute atomic E-state index is 0.191. The van der Waals surface area contributed by atoms with Crippen LogP contribution in [0.5, 0.6) is 5.75 Å². The van der Waals surface area contributed by atoms with E-state index in [0.717, 1.165) is 16.3 Å². The first-order valence-corrected chi connectivity index (χ1v) is 7.10. The zero-order chi connectivity index (χ0) is 13.1. The normalized spacial score (nSPS) is 12.1. The molecule has 3 nitrogen and oxygen atoms in total. The van der Waals surface area contributed by atoms with Crippen molar-refractivity contribution in [2.75, 3.05) is 19.0 Å². The van der Waals surface area contributed by atoms with Crippen LogP contribution in [0.1, 0.15) is 0 Å². The van der Waals surface area contributed by atoms with Crippen LogP contribution in [0.3, 0.4) is 0 Å². The predicted octanol–water partition coefficient (Wildman–Crippen LogP) is 1.97. The monoisotopic (exact) mass is 261 g/mol. The van der Waals surface area contributed by atoms with Crippen LogP contribution in [0, 0.1) is 0 Å². The predicted molar refractivity (Wildman–Crippen MR) is 77.1 cm³/mol. The Hall–Kier alpha value is -1.73. The summed E-state index contributed by atoms with van der Waals surface area (Å²) in [5.41, 5.74) is 1.08. The third-order valence-electron chi connectivity index (χ3n) is 2.78. The molecule has 0 bridgehead atoms. The second kappa shape index (κ2) is 5.28. The van der Waals surface area contributed by atoms with Crippen molar-refractivity contribution in [1.82, 2.24) is 0 Å². The third kappa shape index (κ3) is 2.74. The van der Waals surface area contributed by atoms with Gasteiger partial charge in [-0.05, 0) is 48.5 Å². The molecule has 0 heterocycles. The van der Waals surface area contributed by atoms with Crippen LogP contribution < -0.4 is 15.5 Å². The maximum atomic E-state index is 12.3. The maximum Gasteiger partial charge on any atom is 0.131 e. The molecule has 1 atom stereocenters. The van der Waals surface area contributed by atoms with Gasteiger partial charge in [-0.3, -0.25) is 0 Å². The first-order chi connectivity index (χ1) is 8.58. The van der Waals surface area contributed by atoms with E-state index in [0.29, 0.717) is 0 Å². The second-order valence-corrected chi connectivity index (χ2v) is 6.13. The van der Waals surface area contributed by atoms with Gasteiger partial charge < -0.3 is 14.6 Å². The molecule has 2 aromatic rings. The van der Waals surface area contributed by atoms with Crippen LogP contribution in [-0.2, 0) is 4.57 Å². The van der Waals surface area contributed by atoms with E-state index in [2.05, 4.69) is 0 Å². The van der Waals surface area contributed by atoms with Gasteiger partial charge in [0.1, 0.15) is 13.6 Å². The molecule has 0 spiro atoms. The molecule has 2 rings (SSSR count). The van der Waals surface area contributed by atoms with Crippen molar-refractivity contribution in [2.24, 2.45) is 0 Å². The van der Waals surface area contributed by atoms with Gasteiger partial charge in [0.15, 0.2) is 0 Å². The van der Waals surface area contributed by atoms with E-state index in [4.69, 9.17) is 0 Å². The number of hydrogen-bond acceptors (Lipinski definition) is 3. The Balaban J connectivity index is 2.26. The minimum Gasteiger partial charge on any atom is -0.508 e. The summed E-state index contributed by atoms with van der Waals surface area (Å²) in [5.74, 6) is 0.191. The Bertz CT molecular complexity index is 547. The molecule has 0 aliphatic heterocycles. The van der Waals surface area contributed by atoms with E-state index < -0.39 is 7.80 Å². The molecule has 0 aliphatic carbocycles. The Morgan fingerprint density at radius 3 is 1.78 bits per heavy atom. The average Bonchev–Trinajstić information content (AvgIpc) is 2.39. The minimum atomic E-state index is -1.98. The molecule has 1 N–H and O–H groups in total. The molecule has 0 fully saturated rings. The first-order valence-electron chi connectivity index (χ1n) is 5.69. The highest BCUT2D eigenvalue weighted by atomic mass is 31.1. The molecule has 0 aliphatic rings. The summed E-state index contributed by atoms with van der Waals surface area (Å²) in [7, 11) is 1.96. The van der Waals surface area contributed by atoms with Crippen molar-refractivity contribution in [3.8, 4) is 5.75 Å². The largest absolute Gasteiger partial charge is 0.508 e. The molecule has 0 aromatic heterocycles. The van der Waals surface area contributed by atoms with Gasteiger partial charge in [0, 0.05) is 30.4 Å². The van der Waals surface area contributed by atoms with Gasteiger partial charge in [-0.2, -0.15) is 0 Å². The lowest BCUT2D eigenvalue weighted by atomic mass is 10.3. The van der Waals surface area contributed by atoms with Crippen LogP contribution in [0.15, 0.2) is 48.5 Å². The molecule has 18 heavy (non-hydrogen) atoms. The summed E-state index contributed by atoms with van der Waals surface area (Å²) in [6, 6.07) is 14.2. The van der Waals surface area contributed by atoms with Crippen molar-refractivity contribution in [3.63, 3.8) is 0 Å². The number of aromatic hydroxyl groups is 1. The fourth-order valence-corrected chi connectivity index (χ4v) is 2.96. The van der Waals surface area contributed by atoms with E-state index in [9.17, 15) is 9.67 Å². The van der Waals surface area contributed by atoms with Crippen molar-refractivity contribution < 1.29 is 9.67 Å². The molecule has 1 unspecified atom stereocenters. The zero-order valence-electron chi connectivity index (χ0n) is 10.4. The Morgan fingerprint density at radius 2 is 1.33 bits per heavy atom. The van der Waals surface area contributed by atoms with E-state index in [-0.39, 0.29) is 5.75 Å². The van der Waals surface area contributed by atoms with Gasteiger partial charge in [0.05, 0.1) is 0 Å². The van der Waals surface area contributed by atoms with Crippen LogP contribution in [0.25, 0.3) is 0 Å². The molecule has 0 amide bonds. The molecule has 0 radical (unpaired) electrons. The molecule has 0 saturated heterocycles. The fourth-order valence-electron chi connectivity index (χ4n) is 1.69. The summed E-state index contributed by atoms with van der Waals surface area (Å²) in [5, 5.41) is 10.8. The van der Waals surface area contributed by atoms with Crippen molar-refractivity contribution in [3.05, 3.63) is 48.5 Å². The van der Waals surface area contributed by atoms with E-state index in [1.54, 1.807) is 24.3 Å². The lowest BCUT2D eigenvalue weighted by Crippen LogP contribution is -2.11. The summed E-state index contributed by atoms with van der Waals surface area (Å²) in [6.45, 7) is 0. The van der Waals surface area contributed by atoms with Gasteiger partial charge in [-0.1, -0.05) is 0 Å². The Kier molecular flexibility index (Phi) is 3.73. The molecule has 0 saturated carbocycles. The topological polar surface area (TPSA) is 40.5 Å². The molecule has 4 heteroatoms. The van der Waals surface area contributed by atoms with Crippen LogP contribution in [-0.4, -0.2) is 19.2 Å². The molecular weight excluding hydrogens is 245 g/mol. The SMILES string of the molecule is CN(C)c1ccc([PH](=O)c2ccc(O)cc2)cc1. The first kappa shape index (κ1) is 12.7. The zero-order valence-corrected chi connectivity index (χ0v) is 11.4. The Labute approximate surface area is 107 Å². The van der Waals surface area contributed by atoms with Gasteiger partial charge >= 0.3 is 0 Å². The molecule has 2 aromatic carbocycles. The highest BCUT2D eigenvalue weighted by Gasteiger charge is 2.07. The quantitative estimate of drug-likeness (QED) is 0.859. The smallest absolute Gasteiger partial charge is 0.131 e. The van der Waals surface area contributed by atoms with Crippen LogP contribution >= 0.6 is 7.80 Å². The molecular formula is C14H16NO2P. The van der Waals surface area contributed by atoms with E-state index in [1.165, 1.54) is 0 Å². The number of nitrogens with zero attached hydrogens (tertiary/aromatic N) is 1. The van der Waals surface area contributed by atoms with Crippen molar-refractivity contribution in [2.45, 2.75) is 0 Å². The summed E-state index contributed by atoms with van der Waals surface area (Å²) >= 11 is 0. The Morgan fingerprint density at radius 1 is 0.889 bits per heavy atom. The second-order valence-electron chi connectivity index (χ2n) is 4.32. The van der Waals surface area contributed by atoms with Gasteiger partial charge in [0.2, 0.25) is 0 Å². The lowest BCUT2D eigenvalue weighted by molar-refractivity contribution is 0.475. The lowest BCUT2D eigenvalue weighted by Gasteiger charge is -2.12. The highest BCUT2D eigenvalue weighted by molar-refractivity contribution is 7.61. The molecule has 94 valence electrons. The average molecular weight is 261 g/mol. The van der Waals surface area contributed by atoms with Crippen molar-refractivity contribution >= 4 is 24.1 Å². The number of benzene rings is 2. The van der Waals surface area contributed by atoms with Crippen LogP contribution in [0.2, 0.25) is 0 Å². The number of anilines is 1. The standard InChI is InChI=1S/C14H16NO2P/c1-15(2)11-3-7-13(8-4-11)18(17)14-9-5-12(16)6-10-14/h3-10,16,18H,1-2H3. The highest BCUT2D eigenvalue weighted by Crippen LogP contribution is 2.22. The number of rotatable bonds is 3. The fraction of sp³-hybridized carbons (Fsp3) is 0.143. The number of hydrogen-bond donors (Lipinski definition) is 1. The van der Waals surface area contributed by atoms with E-state index >= 15 is 0 Å². The maximum absolute atomic E-state index is 12.3. The van der Waals surface area contributed by atoms with Gasteiger partial charge in [-0.15, -0.1) is 0 Å². The summed E-state index contributed by atoms with van der Waals surface area (Å²) < 4.78 is 12.3. The van der Waals surface area contributed by atoms with E-state index in [1.807, 2.05) is 43.3 Å². The number of phenols is 1. The summed E-state index contributed by atoms with van der Waals surface area (Å²) in [6.07, 6.45) is 0. The van der Waals surface area contributed by atoms with Gasteiger partial charge in [0.25, 0.3) is 0 Å². The third-order valence-corrected chi connectivity index (χ3v) is 4.49. The number of phenolic OH excluding ortho intramolecular Hbond substituents is 1. The van der Waals surface area contributed by atoms with Crippen molar-refractivity contribution in [1.29, 1.82) is 0 Å². The van der Waals surface area contributed by atoms with Gasteiger partial charge in [-0.25, -0.2) is 0 Å². The van der Waals surface area contributed by atoms with Crippen LogP contribution in [0.4, 0.5) is 5.69 Å². The summed E-state index contributed by atoms with van der Waals surface area (Å²) in [4.78, 5) is 2.00.